The maximum Gasteiger partial charge on any atom is 0.305 e. The van der Waals surface area contributed by atoms with Crippen molar-refractivity contribution in [3.8, 4) is 0 Å². The van der Waals surface area contributed by atoms with Crippen LogP contribution >= 0.6 is 0 Å². The molecule has 2 aromatic rings. The number of nitrogens with zero attached hydrogens (tertiary/aromatic N) is 3. The SMILES string of the molecule is C=CCc1nc(N(C)C)c2[nH]c[nH+]c2n1. The van der Waals surface area contributed by atoms with E-state index in [4.69, 9.17) is 0 Å². The minimum atomic E-state index is 0.676. The van der Waals surface area contributed by atoms with Crippen LogP contribution in [0.25, 0.3) is 11.2 Å². The summed E-state index contributed by atoms with van der Waals surface area (Å²) in [5.74, 6) is 1.66. The lowest BCUT2D eigenvalue weighted by molar-refractivity contribution is -0.347. The standard InChI is InChI=1S/C10H13N5/c1-4-5-7-13-9-8(11-6-12-9)10(14-7)15(2)3/h4,6H,1,5H2,2-3H3,(H,11,12,13,14)/p+1. The summed E-state index contributed by atoms with van der Waals surface area (Å²) in [6.07, 6.45) is 4.23. The molecule has 0 saturated carbocycles. The van der Waals surface area contributed by atoms with Crippen molar-refractivity contribution in [3.63, 3.8) is 0 Å². The molecular formula is C10H14N5+. The van der Waals surface area contributed by atoms with E-state index in [1.807, 2.05) is 19.0 Å². The molecule has 0 aliphatic carbocycles. The quantitative estimate of drug-likeness (QED) is 0.743. The van der Waals surface area contributed by atoms with Crippen LogP contribution in [0.1, 0.15) is 5.82 Å². The van der Waals surface area contributed by atoms with E-state index in [2.05, 4.69) is 26.5 Å². The molecule has 0 aliphatic rings. The predicted octanol–water partition coefficient (Wildman–Crippen LogP) is 0.566. The van der Waals surface area contributed by atoms with E-state index in [1.54, 1.807) is 12.4 Å². The molecule has 2 aromatic heterocycles. The molecule has 0 amide bonds. The van der Waals surface area contributed by atoms with Gasteiger partial charge < -0.3 is 4.90 Å². The summed E-state index contributed by atoms with van der Waals surface area (Å²) >= 11 is 0. The minimum Gasteiger partial charge on any atom is -0.360 e. The third-order valence-corrected chi connectivity index (χ3v) is 2.11. The number of nitrogens with one attached hydrogen (secondary N) is 2. The van der Waals surface area contributed by atoms with E-state index in [1.165, 1.54) is 0 Å². The third-order valence-electron chi connectivity index (χ3n) is 2.11. The van der Waals surface area contributed by atoms with Crippen LogP contribution in [0.15, 0.2) is 19.0 Å². The summed E-state index contributed by atoms with van der Waals surface area (Å²) in [7, 11) is 3.92. The summed E-state index contributed by atoms with van der Waals surface area (Å²) in [6, 6.07) is 0. The van der Waals surface area contributed by atoms with Crippen molar-refractivity contribution in [2.45, 2.75) is 6.42 Å². The van der Waals surface area contributed by atoms with Gasteiger partial charge in [0.2, 0.25) is 11.3 Å². The largest absolute Gasteiger partial charge is 0.360 e. The highest BCUT2D eigenvalue weighted by atomic mass is 15.2. The Labute approximate surface area is 87.9 Å². The first-order chi connectivity index (χ1) is 7.22. The molecule has 2 rings (SSSR count). The van der Waals surface area contributed by atoms with E-state index < -0.39 is 0 Å². The molecule has 0 bridgehead atoms. The number of allylic oxidation sites excluding steroid dienone is 1. The van der Waals surface area contributed by atoms with E-state index in [0.29, 0.717) is 6.42 Å². The molecule has 15 heavy (non-hydrogen) atoms. The number of hydrogen-bond acceptors (Lipinski definition) is 3. The molecule has 0 aliphatic heterocycles. The van der Waals surface area contributed by atoms with Gasteiger partial charge in [0.05, 0.1) is 0 Å². The summed E-state index contributed by atoms with van der Waals surface area (Å²) < 4.78 is 0. The summed E-state index contributed by atoms with van der Waals surface area (Å²) in [5.41, 5.74) is 1.75. The Hall–Kier alpha value is -1.91. The smallest absolute Gasteiger partial charge is 0.305 e. The topological polar surface area (TPSA) is 59.0 Å². The van der Waals surface area contributed by atoms with Crippen molar-refractivity contribution in [3.05, 3.63) is 24.8 Å². The van der Waals surface area contributed by atoms with Crippen LogP contribution < -0.4 is 9.88 Å². The van der Waals surface area contributed by atoms with Crippen LogP contribution in [0, 0.1) is 0 Å². The molecule has 5 nitrogen and oxygen atoms in total. The third kappa shape index (κ3) is 1.68. The molecule has 0 saturated heterocycles. The second-order valence-electron chi connectivity index (χ2n) is 3.51. The Morgan fingerprint density at radius 2 is 2.33 bits per heavy atom. The molecule has 0 radical (unpaired) electrons. The Morgan fingerprint density at radius 1 is 1.53 bits per heavy atom. The lowest BCUT2D eigenvalue weighted by Crippen LogP contribution is -2.14. The number of fused-ring (bicyclic) bond motifs is 1. The second-order valence-corrected chi connectivity index (χ2v) is 3.51. The van der Waals surface area contributed by atoms with Crippen LogP contribution in [-0.2, 0) is 6.42 Å². The van der Waals surface area contributed by atoms with Gasteiger partial charge in [-0.15, -0.1) is 6.58 Å². The number of aromatic amines is 2. The van der Waals surface area contributed by atoms with Gasteiger partial charge in [-0.1, -0.05) is 11.1 Å². The number of H-pyrrole nitrogens is 2. The highest BCUT2D eigenvalue weighted by Crippen LogP contribution is 2.17. The zero-order valence-corrected chi connectivity index (χ0v) is 8.91. The summed E-state index contributed by atoms with van der Waals surface area (Å²) in [4.78, 5) is 16.9. The van der Waals surface area contributed by atoms with E-state index >= 15 is 0 Å². The molecule has 78 valence electrons. The first-order valence-electron chi connectivity index (χ1n) is 4.76. The average Bonchev–Trinajstić information content (AvgIpc) is 2.64. The van der Waals surface area contributed by atoms with Gasteiger partial charge in [0, 0.05) is 20.5 Å². The van der Waals surface area contributed by atoms with Crippen molar-refractivity contribution in [1.82, 2.24) is 15.0 Å². The predicted molar refractivity (Wildman–Crippen MR) is 58.7 cm³/mol. The van der Waals surface area contributed by atoms with Gasteiger partial charge in [0.25, 0.3) is 0 Å². The molecular weight excluding hydrogens is 190 g/mol. The highest BCUT2D eigenvalue weighted by molar-refractivity contribution is 5.80. The zero-order valence-electron chi connectivity index (χ0n) is 8.91. The average molecular weight is 204 g/mol. The summed E-state index contributed by atoms with van der Waals surface area (Å²) in [5, 5.41) is 0. The van der Waals surface area contributed by atoms with Crippen molar-refractivity contribution in [2.75, 3.05) is 19.0 Å². The normalized spacial score (nSPS) is 10.5. The van der Waals surface area contributed by atoms with Crippen LogP contribution in [-0.4, -0.2) is 29.0 Å². The molecule has 0 unspecified atom stereocenters. The fourth-order valence-electron chi connectivity index (χ4n) is 1.45. The number of rotatable bonds is 3. The van der Waals surface area contributed by atoms with E-state index in [9.17, 15) is 0 Å². The lowest BCUT2D eigenvalue weighted by atomic mass is 10.3. The Balaban J connectivity index is 2.63. The zero-order chi connectivity index (χ0) is 10.8. The second kappa shape index (κ2) is 3.68. The fraction of sp³-hybridized carbons (Fsp3) is 0.300. The van der Waals surface area contributed by atoms with Crippen molar-refractivity contribution in [1.29, 1.82) is 0 Å². The van der Waals surface area contributed by atoms with E-state index in [-0.39, 0.29) is 0 Å². The molecule has 2 heterocycles. The maximum atomic E-state index is 4.45. The Kier molecular flexibility index (Phi) is 2.37. The number of anilines is 1. The van der Waals surface area contributed by atoms with Gasteiger partial charge in [-0.3, -0.25) is 4.98 Å². The first-order valence-corrected chi connectivity index (χ1v) is 4.76. The van der Waals surface area contributed by atoms with Crippen molar-refractivity contribution in [2.24, 2.45) is 0 Å². The van der Waals surface area contributed by atoms with Crippen LogP contribution in [0.5, 0.6) is 0 Å². The number of imidazole rings is 1. The van der Waals surface area contributed by atoms with Gasteiger partial charge in [-0.25, -0.2) is 4.98 Å². The first kappa shape index (κ1) is 9.64. The Bertz CT molecular complexity index is 486. The molecule has 0 aromatic carbocycles. The maximum absolute atomic E-state index is 4.45. The highest BCUT2D eigenvalue weighted by Gasteiger charge is 2.15. The van der Waals surface area contributed by atoms with E-state index in [0.717, 1.165) is 22.8 Å². The number of hydrogen-bond donors (Lipinski definition) is 1. The fourth-order valence-corrected chi connectivity index (χ4v) is 1.45. The Morgan fingerprint density at radius 3 is 3.00 bits per heavy atom. The van der Waals surface area contributed by atoms with Gasteiger partial charge in [-0.2, -0.15) is 4.98 Å². The number of aromatic nitrogens is 4. The lowest BCUT2D eigenvalue weighted by Gasteiger charge is -2.09. The van der Waals surface area contributed by atoms with Crippen LogP contribution in [0.3, 0.4) is 0 Å². The van der Waals surface area contributed by atoms with Crippen LogP contribution in [0.2, 0.25) is 0 Å². The van der Waals surface area contributed by atoms with Gasteiger partial charge in [0.1, 0.15) is 0 Å². The van der Waals surface area contributed by atoms with Crippen molar-refractivity contribution >= 4 is 17.0 Å². The minimum absolute atomic E-state index is 0.676. The molecule has 5 heteroatoms. The van der Waals surface area contributed by atoms with Crippen molar-refractivity contribution < 1.29 is 4.98 Å². The molecule has 0 fully saturated rings. The molecule has 2 N–H and O–H groups in total. The van der Waals surface area contributed by atoms with Crippen LogP contribution in [0.4, 0.5) is 5.82 Å². The molecule has 0 spiro atoms. The molecule has 0 atom stereocenters. The van der Waals surface area contributed by atoms with Gasteiger partial charge >= 0.3 is 5.65 Å². The summed E-state index contributed by atoms with van der Waals surface area (Å²) in [6.45, 7) is 3.69. The van der Waals surface area contributed by atoms with Gasteiger partial charge in [-0.05, 0) is 0 Å². The monoisotopic (exact) mass is 204 g/mol. The van der Waals surface area contributed by atoms with Gasteiger partial charge in [0.15, 0.2) is 12.1 Å².